The summed E-state index contributed by atoms with van der Waals surface area (Å²) in [6.07, 6.45) is 2.65. The van der Waals surface area contributed by atoms with E-state index in [1.807, 2.05) is 24.7 Å². The number of benzene rings is 2. The third-order valence-electron chi connectivity index (χ3n) is 5.79. The van der Waals surface area contributed by atoms with Gasteiger partial charge in [-0.2, -0.15) is 0 Å². The van der Waals surface area contributed by atoms with E-state index in [1.165, 1.54) is 18.2 Å². The molecule has 3 rings (SSSR count). The van der Waals surface area contributed by atoms with Crippen LogP contribution in [-0.2, 0) is 6.54 Å². The van der Waals surface area contributed by atoms with Gasteiger partial charge >= 0.3 is 0 Å². The lowest BCUT2D eigenvalue weighted by Gasteiger charge is -2.25. The molecule has 0 saturated carbocycles. The van der Waals surface area contributed by atoms with Gasteiger partial charge in [-0.15, -0.1) is 16.8 Å². The van der Waals surface area contributed by atoms with Crippen molar-refractivity contribution in [2.45, 2.75) is 32.9 Å². The molecule has 0 aliphatic rings. The highest BCUT2D eigenvalue weighted by atomic mass is 35.5. The highest BCUT2D eigenvalue weighted by Gasteiger charge is 2.26. The van der Waals surface area contributed by atoms with Crippen LogP contribution < -0.4 is 0 Å². The van der Waals surface area contributed by atoms with Gasteiger partial charge in [-0.25, -0.2) is 4.39 Å². The Kier molecular flexibility index (Phi) is 8.72. The Morgan fingerprint density at radius 1 is 1.21 bits per heavy atom. The number of hydrogen-bond donors (Lipinski definition) is 0. The number of carbonyl (C=O) groups excluding carboxylic acids is 1. The predicted molar refractivity (Wildman–Crippen MR) is 134 cm³/mol. The molecule has 3 aromatic rings. The molecular formula is C26H31ClFN5O. The van der Waals surface area contributed by atoms with Crippen LogP contribution >= 0.6 is 11.6 Å². The van der Waals surface area contributed by atoms with Crippen LogP contribution in [0.3, 0.4) is 0 Å². The van der Waals surface area contributed by atoms with Gasteiger partial charge in [0.2, 0.25) is 0 Å². The summed E-state index contributed by atoms with van der Waals surface area (Å²) in [5.74, 6) is 0.642. The van der Waals surface area contributed by atoms with Crippen molar-refractivity contribution in [3.8, 4) is 5.69 Å². The maximum Gasteiger partial charge on any atom is 0.195 e. The molecule has 1 unspecified atom stereocenters. The highest BCUT2D eigenvalue weighted by molar-refractivity contribution is 6.31. The largest absolute Gasteiger partial charge is 0.300 e. The van der Waals surface area contributed by atoms with Crippen molar-refractivity contribution < 1.29 is 9.18 Å². The molecule has 2 aromatic carbocycles. The van der Waals surface area contributed by atoms with E-state index in [9.17, 15) is 9.18 Å². The van der Waals surface area contributed by atoms with Crippen LogP contribution in [0.2, 0.25) is 5.02 Å². The minimum absolute atomic E-state index is 0.0245. The van der Waals surface area contributed by atoms with Crippen molar-refractivity contribution in [2.75, 3.05) is 27.2 Å². The lowest BCUT2D eigenvalue weighted by molar-refractivity contribution is 0.103. The third kappa shape index (κ3) is 5.60. The Labute approximate surface area is 205 Å². The second kappa shape index (κ2) is 11.5. The van der Waals surface area contributed by atoms with Gasteiger partial charge in [0.1, 0.15) is 5.82 Å². The summed E-state index contributed by atoms with van der Waals surface area (Å²) in [5.41, 5.74) is 1.23. The minimum atomic E-state index is -0.471. The van der Waals surface area contributed by atoms with Gasteiger partial charge in [-0.05, 0) is 57.4 Å². The summed E-state index contributed by atoms with van der Waals surface area (Å²) < 4.78 is 15.8. The topological polar surface area (TPSA) is 54.3 Å². The van der Waals surface area contributed by atoms with Crippen LogP contribution in [0.25, 0.3) is 5.69 Å². The average Bonchev–Trinajstić information content (AvgIpc) is 3.21. The zero-order valence-electron chi connectivity index (χ0n) is 20.1. The van der Waals surface area contributed by atoms with Gasteiger partial charge in [0.25, 0.3) is 0 Å². The Balaban J connectivity index is 2.23. The van der Waals surface area contributed by atoms with Crippen molar-refractivity contribution in [3.05, 3.63) is 88.7 Å². The van der Waals surface area contributed by atoms with Gasteiger partial charge in [0.05, 0.1) is 18.3 Å². The molecule has 1 atom stereocenters. The van der Waals surface area contributed by atoms with Crippen LogP contribution in [0.1, 0.15) is 53.9 Å². The quantitative estimate of drug-likeness (QED) is 0.273. The molecule has 1 aromatic heterocycles. The molecular weight excluding hydrogens is 453 g/mol. The van der Waals surface area contributed by atoms with Crippen LogP contribution in [0.4, 0.5) is 4.39 Å². The summed E-state index contributed by atoms with van der Waals surface area (Å²) in [4.78, 5) is 17.8. The Hall–Kier alpha value is -2.87. The molecule has 0 spiro atoms. The third-order valence-corrected chi connectivity index (χ3v) is 6.03. The number of nitrogens with zero attached hydrogens (tertiary/aromatic N) is 5. The van der Waals surface area contributed by atoms with E-state index < -0.39 is 5.82 Å². The molecule has 8 heteroatoms. The molecule has 0 aliphatic carbocycles. The summed E-state index contributed by atoms with van der Waals surface area (Å²) in [6, 6.07) is 10.8. The minimum Gasteiger partial charge on any atom is -0.300 e. The fraction of sp³-hybridized carbons (Fsp3) is 0.346. The first-order valence-corrected chi connectivity index (χ1v) is 11.7. The standard InChI is InChI=1S/C26H31ClFN5O/c1-6-14-32(8-3)17-24-29-30-26(22(7-2)31(4)5)33(24)23-13-12-19(27)16-21(23)25(34)18-10-9-11-20(28)15-18/h6,9-13,15-16,22H,1,7-8,14,17H2,2-5H3. The predicted octanol–water partition coefficient (Wildman–Crippen LogP) is 5.31. The Bertz CT molecular complexity index is 1160. The second-order valence-corrected chi connectivity index (χ2v) is 8.75. The van der Waals surface area contributed by atoms with Crippen molar-refractivity contribution >= 4 is 17.4 Å². The fourth-order valence-corrected chi connectivity index (χ4v) is 4.22. The lowest BCUT2D eigenvalue weighted by atomic mass is 10.0. The van der Waals surface area contributed by atoms with Crippen LogP contribution in [0.15, 0.2) is 55.1 Å². The van der Waals surface area contributed by atoms with Gasteiger partial charge in [0, 0.05) is 22.7 Å². The zero-order chi connectivity index (χ0) is 24.8. The number of carbonyl (C=O) groups is 1. The molecule has 0 radical (unpaired) electrons. The normalized spacial score (nSPS) is 12.4. The first kappa shape index (κ1) is 25.7. The van der Waals surface area contributed by atoms with Crippen LogP contribution in [0.5, 0.6) is 0 Å². The van der Waals surface area contributed by atoms with E-state index >= 15 is 0 Å². The van der Waals surface area contributed by atoms with Crippen LogP contribution in [0, 0.1) is 5.82 Å². The number of rotatable bonds is 11. The molecule has 34 heavy (non-hydrogen) atoms. The van der Waals surface area contributed by atoms with E-state index in [0.717, 1.165) is 18.8 Å². The van der Waals surface area contributed by atoms with Crippen molar-refractivity contribution in [1.29, 1.82) is 0 Å². The second-order valence-electron chi connectivity index (χ2n) is 8.31. The molecule has 0 amide bonds. The van der Waals surface area contributed by atoms with E-state index in [-0.39, 0.29) is 17.4 Å². The summed E-state index contributed by atoms with van der Waals surface area (Å²) in [7, 11) is 3.98. The van der Waals surface area contributed by atoms with Gasteiger partial charge < -0.3 is 0 Å². The number of likely N-dealkylation sites (N-methyl/N-ethyl adjacent to an activating group) is 1. The first-order valence-electron chi connectivity index (χ1n) is 11.3. The molecule has 0 bridgehead atoms. The fourth-order valence-electron chi connectivity index (χ4n) is 4.05. The molecule has 0 saturated heterocycles. The Morgan fingerprint density at radius 2 is 1.97 bits per heavy atom. The monoisotopic (exact) mass is 483 g/mol. The van der Waals surface area contributed by atoms with Crippen molar-refractivity contribution in [2.24, 2.45) is 0 Å². The number of ketones is 1. The van der Waals surface area contributed by atoms with Crippen LogP contribution in [-0.4, -0.2) is 57.5 Å². The van der Waals surface area contributed by atoms with E-state index in [1.54, 1.807) is 24.3 Å². The maximum absolute atomic E-state index is 13.9. The average molecular weight is 484 g/mol. The number of hydrogen-bond acceptors (Lipinski definition) is 5. The highest BCUT2D eigenvalue weighted by Crippen LogP contribution is 2.29. The molecule has 6 nitrogen and oxygen atoms in total. The zero-order valence-corrected chi connectivity index (χ0v) is 20.9. The SMILES string of the molecule is C=CCN(CC)Cc1nnc(C(CC)N(C)C)n1-c1ccc(Cl)cc1C(=O)c1cccc(F)c1. The van der Waals surface area contributed by atoms with E-state index in [4.69, 9.17) is 11.6 Å². The molecule has 0 N–H and O–H groups in total. The van der Waals surface area contributed by atoms with Crippen molar-refractivity contribution in [1.82, 2.24) is 24.6 Å². The van der Waals surface area contributed by atoms with Gasteiger partial charge in [-0.1, -0.05) is 43.7 Å². The smallest absolute Gasteiger partial charge is 0.195 e. The van der Waals surface area contributed by atoms with E-state index in [2.05, 4.69) is 40.4 Å². The van der Waals surface area contributed by atoms with Crippen molar-refractivity contribution in [3.63, 3.8) is 0 Å². The first-order chi connectivity index (χ1) is 16.3. The van der Waals surface area contributed by atoms with Gasteiger partial charge in [0.15, 0.2) is 17.4 Å². The Morgan fingerprint density at radius 3 is 2.59 bits per heavy atom. The molecule has 180 valence electrons. The summed E-state index contributed by atoms with van der Waals surface area (Å²) in [6.45, 7) is 10.0. The summed E-state index contributed by atoms with van der Waals surface area (Å²) in [5, 5.41) is 9.50. The maximum atomic E-state index is 13.9. The number of aromatic nitrogens is 3. The lowest BCUT2D eigenvalue weighted by Crippen LogP contribution is -2.27. The van der Waals surface area contributed by atoms with E-state index in [0.29, 0.717) is 35.2 Å². The molecule has 1 heterocycles. The number of halogens is 2. The summed E-state index contributed by atoms with van der Waals surface area (Å²) >= 11 is 6.31. The molecule has 0 aliphatic heterocycles. The van der Waals surface area contributed by atoms with Gasteiger partial charge in [-0.3, -0.25) is 19.2 Å². The molecule has 0 fully saturated rings.